The smallest absolute Gasteiger partial charge is 0.338 e. The Balaban J connectivity index is 1.63. The minimum absolute atomic E-state index is 0.179. The van der Waals surface area contributed by atoms with Crippen molar-refractivity contribution in [1.29, 1.82) is 0 Å². The molecule has 0 fully saturated rings. The molecular formula is C22H20ClNO4. The van der Waals surface area contributed by atoms with E-state index in [2.05, 4.69) is 5.32 Å². The maximum atomic E-state index is 12.4. The largest absolute Gasteiger partial charge is 0.462 e. The number of nitrogens with one attached hydrogen (secondary N) is 1. The Bertz CT molecular complexity index is 963. The molecule has 5 nitrogen and oxygen atoms in total. The normalized spacial score (nSPS) is 10.5. The molecule has 1 N–H and O–H groups in total. The summed E-state index contributed by atoms with van der Waals surface area (Å²) in [4.78, 5) is 24.3. The van der Waals surface area contributed by atoms with Crippen molar-refractivity contribution in [2.24, 2.45) is 0 Å². The van der Waals surface area contributed by atoms with Crippen LogP contribution in [0.15, 0.2) is 65.1 Å². The second-order valence-corrected chi connectivity index (χ2v) is 6.63. The van der Waals surface area contributed by atoms with Crippen molar-refractivity contribution < 1.29 is 18.7 Å². The van der Waals surface area contributed by atoms with Gasteiger partial charge >= 0.3 is 5.97 Å². The van der Waals surface area contributed by atoms with Crippen molar-refractivity contribution in [3.63, 3.8) is 0 Å². The van der Waals surface area contributed by atoms with Crippen LogP contribution in [0, 0.1) is 0 Å². The molecule has 144 valence electrons. The fourth-order valence-corrected chi connectivity index (χ4v) is 2.72. The number of unbranched alkanes of at least 4 members (excludes halogenated alkanes) is 1. The Morgan fingerprint density at radius 3 is 2.57 bits per heavy atom. The van der Waals surface area contributed by atoms with Crippen LogP contribution in [0.2, 0.25) is 5.02 Å². The second kappa shape index (κ2) is 9.24. The summed E-state index contributed by atoms with van der Waals surface area (Å²) in [6, 6.07) is 17.0. The first-order chi connectivity index (χ1) is 13.6. The topological polar surface area (TPSA) is 68.5 Å². The third kappa shape index (κ3) is 5.02. The van der Waals surface area contributed by atoms with Gasteiger partial charge in [-0.3, -0.25) is 4.79 Å². The molecule has 3 aromatic rings. The lowest BCUT2D eigenvalue weighted by Gasteiger charge is -2.06. The summed E-state index contributed by atoms with van der Waals surface area (Å²) in [5, 5.41) is 3.33. The molecule has 1 aromatic heterocycles. The van der Waals surface area contributed by atoms with Crippen LogP contribution in [0.3, 0.4) is 0 Å². The lowest BCUT2D eigenvalue weighted by molar-refractivity contribution is 0.0499. The third-order valence-electron chi connectivity index (χ3n) is 4.05. The standard InChI is InChI=1S/C22H20ClNO4/c1-2-3-13-27-22(26)15-7-9-18(10-8-15)24-21(25)20-12-11-19(28-20)16-5-4-6-17(23)14-16/h4-12,14H,2-3,13H2,1H3,(H,24,25). The summed E-state index contributed by atoms with van der Waals surface area (Å²) in [7, 11) is 0. The van der Waals surface area contributed by atoms with Crippen LogP contribution in [-0.2, 0) is 4.74 Å². The van der Waals surface area contributed by atoms with Gasteiger partial charge in [-0.15, -0.1) is 0 Å². The van der Waals surface area contributed by atoms with Gasteiger partial charge < -0.3 is 14.5 Å². The van der Waals surface area contributed by atoms with E-state index in [-0.39, 0.29) is 17.6 Å². The van der Waals surface area contributed by atoms with Crippen molar-refractivity contribution in [3.05, 3.63) is 77.0 Å². The Kier molecular flexibility index (Phi) is 6.50. The summed E-state index contributed by atoms with van der Waals surface area (Å²) in [5.41, 5.74) is 1.78. The number of amides is 1. The first kappa shape index (κ1) is 19.7. The number of carbonyl (C=O) groups is 2. The number of rotatable bonds is 7. The molecule has 0 aliphatic carbocycles. The van der Waals surface area contributed by atoms with Gasteiger partial charge in [0.15, 0.2) is 5.76 Å². The highest BCUT2D eigenvalue weighted by Gasteiger charge is 2.13. The van der Waals surface area contributed by atoms with E-state index in [1.54, 1.807) is 48.5 Å². The van der Waals surface area contributed by atoms with Crippen molar-refractivity contribution >= 4 is 29.2 Å². The van der Waals surface area contributed by atoms with Crippen molar-refractivity contribution in [3.8, 4) is 11.3 Å². The zero-order valence-corrected chi connectivity index (χ0v) is 16.2. The minimum Gasteiger partial charge on any atom is -0.462 e. The van der Waals surface area contributed by atoms with E-state index in [1.807, 2.05) is 19.1 Å². The van der Waals surface area contributed by atoms with Crippen LogP contribution in [0.1, 0.15) is 40.7 Å². The summed E-state index contributed by atoms with van der Waals surface area (Å²) in [6.07, 6.45) is 1.80. The van der Waals surface area contributed by atoms with Crippen LogP contribution >= 0.6 is 11.6 Å². The molecule has 0 unspecified atom stereocenters. The molecule has 0 saturated heterocycles. The average molecular weight is 398 g/mol. The Labute approximate surface area is 168 Å². The molecule has 2 aromatic carbocycles. The summed E-state index contributed by atoms with van der Waals surface area (Å²) in [6.45, 7) is 2.43. The molecule has 28 heavy (non-hydrogen) atoms. The molecular weight excluding hydrogens is 378 g/mol. The zero-order chi connectivity index (χ0) is 19.9. The number of halogens is 1. The first-order valence-electron chi connectivity index (χ1n) is 9.01. The Morgan fingerprint density at radius 1 is 1.07 bits per heavy atom. The number of ether oxygens (including phenoxy) is 1. The van der Waals surface area contributed by atoms with Crippen LogP contribution in [0.5, 0.6) is 0 Å². The molecule has 3 rings (SSSR count). The lowest BCUT2D eigenvalue weighted by Crippen LogP contribution is -2.11. The summed E-state index contributed by atoms with van der Waals surface area (Å²) >= 11 is 5.99. The van der Waals surface area contributed by atoms with Crippen LogP contribution in [-0.4, -0.2) is 18.5 Å². The number of anilines is 1. The van der Waals surface area contributed by atoms with Gasteiger partial charge in [-0.2, -0.15) is 0 Å². The summed E-state index contributed by atoms with van der Waals surface area (Å²) < 4.78 is 10.8. The highest BCUT2D eigenvalue weighted by molar-refractivity contribution is 6.30. The fourth-order valence-electron chi connectivity index (χ4n) is 2.53. The molecule has 0 aliphatic heterocycles. The van der Waals surface area contributed by atoms with Gasteiger partial charge in [0.05, 0.1) is 12.2 Å². The maximum Gasteiger partial charge on any atom is 0.338 e. The monoisotopic (exact) mass is 397 g/mol. The van der Waals surface area contributed by atoms with Gasteiger partial charge in [-0.25, -0.2) is 4.79 Å². The van der Waals surface area contributed by atoms with Crippen molar-refractivity contribution in [1.82, 2.24) is 0 Å². The molecule has 0 atom stereocenters. The lowest BCUT2D eigenvalue weighted by atomic mass is 10.2. The first-order valence-corrected chi connectivity index (χ1v) is 9.39. The SMILES string of the molecule is CCCCOC(=O)c1ccc(NC(=O)c2ccc(-c3cccc(Cl)c3)o2)cc1. The van der Waals surface area contributed by atoms with E-state index < -0.39 is 0 Å². The van der Waals surface area contributed by atoms with E-state index in [0.717, 1.165) is 18.4 Å². The number of hydrogen-bond acceptors (Lipinski definition) is 4. The second-order valence-electron chi connectivity index (χ2n) is 6.20. The van der Waals surface area contributed by atoms with Gasteiger partial charge in [0.1, 0.15) is 5.76 Å². The van der Waals surface area contributed by atoms with E-state index in [4.69, 9.17) is 20.8 Å². The van der Waals surface area contributed by atoms with Crippen LogP contribution in [0.4, 0.5) is 5.69 Å². The van der Waals surface area contributed by atoms with Gasteiger partial charge in [-0.1, -0.05) is 37.1 Å². The van der Waals surface area contributed by atoms with Crippen LogP contribution < -0.4 is 5.32 Å². The molecule has 1 heterocycles. The average Bonchev–Trinajstić information content (AvgIpc) is 3.19. The zero-order valence-electron chi connectivity index (χ0n) is 15.4. The fraction of sp³-hybridized carbons (Fsp3) is 0.182. The number of furan rings is 1. The van der Waals surface area contributed by atoms with Gasteiger partial charge in [0.25, 0.3) is 5.91 Å². The third-order valence-corrected chi connectivity index (χ3v) is 4.28. The van der Waals surface area contributed by atoms with E-state index in [1.165, 1.54) is 0 Å². The molecule has 0 saturated carbocycles. The van der Waals surface area contributed by atoms with Crippen LogP contribution in [0.25, 0.3) is 11.3 Å². The summed E-state index contributed by atoms with van der Waals surface area (Å²) in [5.74, 6) is -0.0223. The van der Waals surface area contributed by atoms with Crippen molar-refractivity contribution in [2.75, 3.05) is 11.9 Å². The Hall–Kier alpha value is -3.05. The quantitative estimate of drug-likeness (QED) is 0.403. The molecule has 0 spiro atoms. The molecule has 0 radical (unpaired) electrons. The van der Waals surface area contributed by atoms with E-state index >= 15 is 0 Å². The van der Waals surface area contributed by atoms with E-state index in [0.29, 0.717) is 28.6 Å². The molecule has 0 aliphatic rings. The van der Waals surface area contributed by atoms with Crippen molar-refractivity contribution in [2.45, 2.75) is 19.8 Å². The predicted molar refractivity (Wildman–Crippen MR) is 109 cm³/mol. The molecule has 1 amide bonds. The van der Waals surface area contributed by atoms with E-state index in [9.17, 15) is 9.59 Å². The number of hydrogen-bond donors (Lipinski definition) is 1. The van der Waals surface area contributed by atoms with Gasteiger partial charge in [-0.05, 0) is 55.0 Å². The number of carbonyl (C=O) groups excluding carboxylic acids is 2. The molecule has 0 bridgehead atoms. The maximum absolute atomic E-state index is 12.4. The minimum atomic E-state index is -0.383. The van der Waals surface area contributed by atoms with Gasteiger partial charge in [0, 0.05) is 16.3 Å². The molecule has 6 heteroatoms. The number of benzene rings is 2. The highest BCUT2D eigenvalue weighted by Crippen LogP contribution is 2.25. The predicted octanol–water partition coefficient (Wildman–Crippen LogP) is 5.81. The van der Waals surface area contributed by atoms with Gasteiger partial charge in [0.2, 0.25) is 0 Å². The Morgan fingerprint density at radius 2 is 1.86 bits per heavy atom. The highest BCUT2D eigenvalue weighted by atomic mass is 35.5. The number of esters is 1.